The maximum Gasteiger partial charge on any atom is 0.145 e. The lowest BCUT2D eigenvalue weighted by Crippen LogP contribution is -2.10. The molecule has 0 bridgehead atoms. The van der Waals surface area contributed by atoms with Crippen molar-refractivity contribution in [3.63, 3.8) is 0 Å². The SMILES string of the molecule is c1ccc(-c2ccc(-c3ccc4c(c3)c3cc(-c5ccc(-c6ccccc6)cc5)ccc3n4-c3ccc(N(c4ccccc4)c4ccc(-c5nc6ccccc6n5-c5ccccc5)cc4)cc3)cc2)cc1. The van der Waals surface area contributed by atoms with Gasteiger partial charge < -0.3 is 9.47 Å². The van der Waals surface area contributed by atoms with Gasteiger partial charge in [-0.25, -0.2) is 4.98 Å². The van der Waals surface area contributed by atoms with Gasteiger partial charge in [0.25, 0.3) is 0 Å². The van der Waals surface area contributed by atoms with E-state index in [0.29, 0.717) is 0 Å². The molecule has 2 heterocycles. The summed E-state index contributed by atoms with van der Waals surface area (Å²) in [6, 6.07) is 100. The molecule has 4 nitrogen and oxygen atoms in total. The van der Waals surface area contributed by atoms with Crippen molar-refractivity contribution in [1.82, 2.24) is 14.1 Å². The predicted molar refractivity (Wildman–Crippen MR) is 297 cm³/mol. The maximum absolute atomic E-state index is 5.14. The number of imidazole rings is 1. The Hall–Kier alpha value is -9.51. The molecule has 0 amide bonds. The van der Waals surface area contributed by atoms with Gasteiger partial charge in [-0.15, -0.1) is 0 Å². The van der Waals surface area contributed by atoms with Crippen LogP contribution in [0.2, 0.25) is 0 Å². The normalized spacial score (nSPS) is 11.4. The van der Waals surface area contributed by atoms with Crippen molar-refractivity contribution < 1.29 is 0 Å². The first-order valence-corrected chi connectivity index (χ1v) is 24.2. The van der Waals surface area contributed by atoms with E-state index in [1.807, 2.05) is 6.07 Å². The van der Waals surface area contributed by atoms with Crippen LogP contribution in [0.1, 0.15) is 0 Å². The summed E-state index contributed by atoms with van der Waals surface area (Å²) in [5.41, 5.74) is 20.4. The van der Waals surface area contributed by atoms with E-state index in [1.165, 1.54) is 55.3 Å². The van der Waals surface area contributed by atoms with Gasteiger partial charge in [0.15, 0.2) is 0 Å². The first-order valence-electron chi connectivity index (χ1n) is 24.2. The van der Waals surface area contributed by atoms with Crippen molar-refractivity contribution in [2.45, 2.75) is 0 Å². The zero-order valence-electron chi connectivity index (χ0n) is 38.8. The molecule has 0 N–H and O–H groups in total. The van der Waals surface area contributed by atoms with Gasteiger partial charge in [-0.05, 0) is 154 Å². The molecule has 11 aromatic carbocycles. The van der Waals surface area contributed by atoms with Crippen LogP contribution in [0.25, 0.3) is 100 Å². The van der Waals surface area contributed by atoms with E-state index in [4.69, 9.17) is 4.98 Å². The Morgan fingerprint density at radius 3 is 1.14 bits per heavy atom. The van der Waals surface area contributed by atoms with Crippen molar-refractivity contribution in [3.8, 4) is 67.3 Å². The average Bonchev–Trinajstić information content (AvgIpc) is 4.00. The molecule has 13 rings (SSSR count). The molecule has 13 aromatic rings. The molecular weight excluding hydrogens is 861 g/mol. The molecule has 0 fully saturated rings. The van der Waals surface area contributed by atoms with Crippen LogP contribution < -0.4 is 4.90 Å². The fourth-order valence-electron chi connectivity index (χ4n) is 10.2. The molecule has 2 aromatic heterocycles. The molecule has 334 valence electrons. The molecule has 71 heavy (non-hydrogen) atoms. The molecule has 4 heteroatoms. The molecule has 0 aliphatic heterocycles. The third-order valence-corrected chi connectivity index (χ3v) is 13.8. The smallest absolute Gasteiger partial charge is 0.145 e. The molecule has 0 saturated carbocycles. The fraction of sp³-hybridized carbons (Fsp3) is 0. The minimum atomic E-state index is 0.909. The number of para-hydroxylation sites is 4. The Kier molecular flexibility index (Phi) is 10.5. The van der Waals surface area contributed by atoms with E-state index >= 15 is 0 Å². The third kappa shape index (κ3) is 7.74. The van der Waals surface area contributed by atoms with Crippen molar-refractivity contribution in [2.75, 3.05) is 4.90 Å². The standard InChI is InChI=1S/C67H46N4/c1-5-15-47(16-6-1)49-25-29-51(30-26-49)54-35-43-64-61(45-54)62-46-55(52-31-27-50(28-32-52)48-17-7-2-8-18-48)36-44-65(62)70(64)60-41-39-59(40-42-60)69(56-19-9-3-10-20-56)58-37-33-53(34-38-58)67-68-63-23-13-14-24-66(63)71(67)57-21-11-4-12-22-57/h1-46H. The number of rotatable bonds is 10. The molecular formula is C67H46N4. The molecule has 0 spiro atoms. The Morgan fingerprint density at radius 1 is 0.254 bits per heavy atom. The molecule has 0 radical (unpaired) electrons. The first kappa shape index (κ1) is 41.7. The van der Waals surface area contributed by atoms with Crippen LogP contribution in [0.4, 0.5) is 17.1 Å². The van der Waals surface area contributed by atoms with Gasteiger partial charge in [-0.3, -0.25) is 4.57 Å². The summed E-state index contributed by atoms with van der Waals surface area (Å²) in [5, 5.41) is 2.42. The molecule has 0 atom stereocenters. The lowest BCUT2D eigenvalue weighted by atomic mass is 9.97. The number of fused-ring (bicyclic) bond motifs is 4. The van der Waals surface area contributed by atoms with Crippen molar-refractivity contribution in [3.05, 3.63) is 279 Å². The third-order valence-electron chi connectivity index (χ3n) is 13.8. The quantitative estimate of drug-likeness (QED) is 0.137. The summed E-state index contributed by atoms with van der Waals surface area (Å²) >= 11 is 0. The molecule has 0 saturated heterocycles. The summed E-state index contributed by atoms with van der Waals surface area (Å²) in [6.07, 6.45) is 0. The largest absolute Gasteiger partial charge is 0.311 e. The van der Waals surface area contributed by atoms with E-state index in [1.54, 1.807) is 0 Å². The van der Waals surface area contributed by atoms with Crippen LogP contribution in [-0.2, 0) is 0 Å². The highest BCUT2D eigenvalue weighted by atomic mass is 15.1. The minimum Gasteiger partial charge on any atom is -0.311 e. The van der Waals surface area contributed by atoms with Crippen molar-refractivity contribution >= 4 is 49.9 Å². The second kappa shape index (κ2) is 17.9. The van der Waals surface area contributed by atoms with Crippen LogP contribution in [0, 0.1) is 0 Å². The second-order valence-electron chi connectivity index (χ2n) is 18.0. The first-order chi connectivity index (χ1) is 35.2. The number of hydrogen-bond acceptors (Lipinski definition) is 2. The van der Waals surface area contributed by atoms with Crippen LogP contribution in [0.15, 0.2) is 279 Å². The second-order valence-corrected chi connectivity index (χ2v) is 18.0. The van der Waals surface area contributed by atoms with Gasteiger partial charge in [0.1, 0.15) is 5.82 Å². The van der Waals surface area contributed by atoms with E-state index in [9.17, 15) is 0 Å². The minimum absolute atomic E-state index is 0.909. The lowest BCUT2D eigenvalue weighted by Gasteiger charge is -2.26. The number of anilines is 3. The van der Waals surface area contributed by atoms with Gasteiger partial charge in [0.05, 0.1) is 22.1 Å². The van der Waals surface area contributed by atoms with Gasteiger partial charge in [0.2, 0.25) is 0 Å². The van der Waals surface area contributed by atoms with Crippen molar-refractivity contribution in [2.24, 2.45) is 0 Å². The zero-order chi connectivity index (χ0) is 47.1. The number of nitrogens with zero attached hydrogens (tertiary/aromatic N) is 4. The number of benzene rings is 11. The van der Waals surface area contributed by atoms with E-state index in [-0.39, 0.29) is 0 Å². The van der Waals surface area contributed by atoms with E-state index in [2.05, 4.69) is 287 Å². The summed E-state index contributed by atoms with van der Waals surface area (Å²) in [5.74, 6) is 0.909. The summed E-state index contributed by atoms with van der Waals surface area (Å²) in [6.45, 7) is 0. The Balaban J connectivity index is 0.892. The summed E-state index contributed by atoms with van der Waals surface area (Å²) < 4.78 is 4.67. The van der Waals surface area contributed by atoms with Gasteiger partial charge in [-0.1, -0.05) is 170 Å². The van der Waals surface area contributed by atoms with Gasteiger partial charge in [0, 0.05) is 44.8 Å². The Morgan fingerprint density at radius 2 is 0.620 bits per heavy atom. The molecule has 0 aliphatic rings. The summed E-state index contributed by atoms with van der Waals surface area (Å²) in [7, 11) is 0. The number of hydrogen-bond donors (Lipinski definition) is 0. The van der Waals surface area contributed by atoms with Crippen LogP contribution in [0.3, 0.4) is 0 Å². The summed E-state index contributed by atoms with van der Waals surface area (Å²) in [4.78, 5) is 7.47. The zero-order valence-corrected chi connectivity index (χ0v) is 38.8. The average molecular weight is 907 g/mol. The van der Waals surface area contributed by atoms with Crippen LogP contribution in [0.5, 0.6) is 0 Å². The lowest BCUT2D eigenvalue weighted by molar-refractivity contribution is 1.10. The fourth-order valence-corrected chi connectivity index (χ4v) is 10.2. The maximum atomic E-state index is 5.14. The molecule has 0 aliphatic carbocycles. The van der Waals surface area contributed by atoms with Crippen LogP contribution >= 0.6 is 0 Å². The Bertz CT molecular complexity index is 3830. The van der Waals surface area contributed by atoms with Crippen LogP contribution in [-0.4, -0.2) is 14.1 Å². The predicted octanol–water partition coefficient (Wildman–Crippen LogP) is 17.9. The highest BCUT2D eigenvalue weighted by molar-refractivity contribution is 6.11. The van der Waals surface area contributed by atoms with Crippen molar-refractivity contribution in [1.29, 1.82) is 0 Å². The van der Waals surface area contributed by atoms with E-state index in [0.717, 1.165) is 61.9 Å². The van der Waals surface area contributed by atoms with E-state index < -0.39 is 0 Å². The van der Waals surface area contributed by atoms with Gasteiger partial charge >= 0.3 is 0 Å². The molecule has 0 unspecified atom stereocenters. The van der Waals surface area contributed by atoms with Gasteiger partial charge in [-0.2, -0.15) is 0 Å². The Labute approximate surface area is 413 Å². The topological polar surface area (TPSA) is 26.0 Å². The highest BCUT2D eigenvalue weighted by Gasteiger charge is 2.19. The number of aromatic nitrogens is 3. The monoisotopic (exact) mass is 906 g/mol. The highest BCUT2D eigenvalue weighted by Crippen LogP contribution is 2.41.